The Balaban J connectivity index is 2.04. The Labute approximate surface area is 126 Å². The van der Waals surface area contributed by atoms with Crippen LogP contribution in [0.15, 0.2) is 54.6 Å². The van der Waals surface area contributed by atoms with Crippen LogP contribution in [-0.2, 0) is 6.61 Å². The Morgan fingerprint density at radius 2 is 1.95 bits per heavy atom. The monoisotopic (exact) mass is 280 g/mol. The van der Waals surface area contributed by atoms with E-state index in [1.165, 1.54) is 0 Å². The van der Waals surface area contributed by atoms with Gasteiger partial charge in [-0.25, -0.2) is 0 Å². The molecular formula is C18H20N2O. The van der Waals surface area contributed by atoms with Gasteiger partial charge in [-0.15, -0.1) is 11.8 Å². The first kappa shape index (κ1) is 15.1. The van der Waals surface area contributed by atoms with Gasteiger partial charge >= 0.3 is 0 Å². The minimum Gasteiger partial charge on any atom is -0.489 e. The van der Waals surface area contributed by atoms with Crippen LogP contribution in [0.5, 0.6) is 5.75 Å². The summed E-state index contributed by atoms with van der Waals surface area (Å²) in [6.07, 6.45) is 0.676. The van der Waals surface area contributed by atoms with E-state index in [1.807, 2.05) is 61.5 Å². The summed E-state index contributed by atoms with van der Waals surface area (Å²) < 4.78 is 5.83. The topological polar surface area (TPSA) is 47.3 Å². The standard InChI is InChI=1S/C18H20N2O/c1-2-3-12-18(20-19)16-10-7-11-17(13-16)21-14-15-8-5-4-6-9-15/h4-11,13,18,20H,12,14,19H2,1H3. The molecule has 0 fully saturated rings. The van der Waals surface area contributed by atoms with Crippen molar-refractivity contribution in [1.82, 2.24) is 5.43 Å². The molecular weight excluding hydrogens is 260 g/mol. The summed E-state index contributed by atoms with van der Waals surface area (Å²) in [6, 6.07) is 18.1. The van der Waals surface area contributed by atoms with Crippen LogP contribution in [0.3, 0.4) is 0 Å². The summed E-state index contributed by atoms with van der Waals surface area (Å²) in [4.78, 5) is 0. The Bertz CT molecular complexity index is 614. The number of rotatable bonds is 6. The van der Waals surface area contributed by atoms with Crippen LogP contribution in [-0.4, -0.2) is 0 Å². The third kappa shape index (κ3) is 4.64. The highest BCUT2D eigenvalue weighted by molar-refractivity contribution is 5.31. The SMILES string of the molecule is CC#CCC(NN)c1cccc(OCc2ccccc2)c1. The predicted octanol–water partition coefficient (Wildman–Crippen LogP) is 3.18. The second-order valence-corrected chi connectivity index (χ2v) is 4.70. The van der Waals surface area contributed by atoms with Crippen molar-refractivity contribution in [2.24, 2.45) is 5.84 Å². The number of ether oxygens (including phenoxy) is 1. The number of benzene rings is 2. The zero-order valence-corrected chi connectivity index (χ0v) is 12.2. The Morgan fingerprint density at radius 3 is 2.67 bits per heavy atom. The highest BCUT2D eigenvalue weighted by Gasteiger charge is 2.09. The van der Waals surface area contributed by atoms with E-state index < -0.39 is 0 Å². The van der Waals surface area contributed by atoms with Gasteiger partial charge in [-0.05, 0) is 30.2 Å². The van der Waals surface area contributed by atoms with Gasteiger partial charge in [-0.3, -0.25) is 11.3 Å². The van der Waals surface area contributed by atoms with E-state index >= 15 is 0 Å². The lowest BCUT2D eigenvalue weighted by atomic mass is 10.0. The summed E-state index contributed by atoms with van der Waals surface area (Å²) >= 11 is 0. The van der Waals surface area contributed by atoms with Gasteiger partial charge in [-0.1, -0.05) is 42.5 Å². The zero-order valence-electron chi connectivity index (χ0n) is 12.2. The minimum absolute atomic E-state index is 0.0118. The minimum atomic E-state index is 0.0118. The number of hydrogen-bond donors (Lipinski definition) is 2. The first-order valence-corrected chi connectivity index (χ1v) is 6.96. The van der Waals surface area contributed by atoms with Gasteiger partial charge in [0.2, 0.25) is 0 Å². The van der Waals surface area contributed by atoms with Gasteiger partial charge in [-0.2, -0.15) is 0 Å². The third-order valence-electron chi connectivity index (χ3n) is 3.19. The highest BCUT2D eigenvalue weighted by atomic mass is 16.5. The van der Waals surface area contributed by atoms with Crippen LogP contribution in [0.25, 0.3) is 0 Å². The summed E-state index contributed by atoms with van der Waals surface area (Å²) in [5, 5.41) is 0. The molecule has 3 heteroatoms. The van der Waals surface area contributed by atoms with Crippen molar-refractivity contribution in [3.05, 3.63) is 65.7 Å². The van der Waals surface area contributed by atoms with Crippen molar-refractivity contribution < 1.29 is 4.74 Å². The molecule has 108 valence electrons. The quantitative estimate of drug-likeness (QED) is 0.485. The molecule has 0 saturated heterocycles. The van der Waals surface area contributed by atoms with Crippen molar-refractivity contribution in [2.45, 2.75) is 26.0 Å². The first-order valence-electron chi connectivity index (χ1n) is 6.96. The number of nitrogens with one attached hydrogen (secondary N) is 1. The molecule has 2 aromatic carbocycles. The fourth-order valence-corrected chi connectivity index (χ4v) is 2.04. The van der Waals surface area contributed by atoms with E-state index in [9.17, 15) is 0 Å². The van der Waals surface area contributed by atoms with Gasteiger partial charge in [0.05, 0.1) is 6.04 Å². The molecule has 0 aliphatic heterocycles. The lowest BCUT2D eigenvalue weighted by molar-refractivity contribution is 0.305. The summed E-state index contributed by atoms with van der Waals surface area (Å²) in [6.45, 7) is 2.38. The maximum absolute atomic E-state index is 5.83. The molecule has 0 amide bonds. The third-order valence-corrected chi connectivity index (χ3v) is 3.19. The van der Waals surface area contributed by atoms with Crippen molar-refractivity contribution in [1.29, 1.82) is 0 Å². The van der Waals surface area contributed by atoms with Gasteiger partial charge in [0.1, 0.15) is 12.4 Å². The molecule has 0 bridgehead atoms. The second kappa shape index (κ2) is 8.11. The summed E-state index contributed by atoms with van der Waals surface area (Å²) in [7, 11) is 0. The smallest absolute Gasteiger partial charge is 0.120 e. The van der Waals surface area contributed by atoms with Crippen molar-refractivity contribution in [2.75, 3.05) is 0 Å². The van der Waals surface area contributed by atoms with E-state index in [4.69, 9.17) is 10.6 Å². The van der Waals surface area contributed by atoms with E-state index in [1.54, 1.807) is 0 Å². The predicted molar refractivity (Wildman–Crippen MR) is 85.3 cm³/mol. The second-order valence-electron chi connectivity index (χ2n) is 4.70. The van der Waals surface area contributed by atoms with E-state index in [-0.39, 0.29) is 6.04 Å². The molecule has 3 nitrogen and oxygen atoms in total. The molecule has 0 saturated carbocycles. The molecule has 2 rings (SSSR count). The van der Waals surface area contributed by atoms with Gasteiger partial charge in [0.25, 0.3) is 0 Å². The number of nitrogens with two attached hydrogens (primary N) is 1. The lowest BCUT2D eigenvalue weighted by Gasteiger charge is -2.15. The average molecular weight is 280 g/mol. The largest absolute Gasteiger partial charge is 0.489 e. The molecule has 2 aromatic rings. The zero-order chi connectivity index (χ0) is 14.9. The van der Waals surface area contributed by atoms with E-state index in [2.05, 4.69) is 17.3 Å². The van der Waals surface area contributed by atoms with Crippen molar-refractivity contribution in [3.8, 4) is 17.6 Å². The van der Waals surface area contributed by atoms with Crippen LogP contribution >= 0.6 is 0 Å². The van der Waals surface area contributed by atoms with Crippen LogP contribution in [0.2, 0.25) is 0 Å². The van der Waals surface area contributed by atoms with Crippen molar-refractivity contribution in [3.63, 3.8) is 0 Å². The highest BCUT2D eigenvalue weighted by Crippen LogP contribution is 2.21. The summed E-state index contributed by atoms with van der Waals surface area (Å²) in [5.74, 6) is 12.4. The van der Waals surface area contributed by atoms with Gasteiger partial charge in [0.15, 0.2) is 0 Å². The van der Waals surface area contributed by atoms with Gasteiger partial charge < -0.3 is 4.74 Å². The maximum Gasteiger partial charge on any atom is 0.120 e. The number of hydrazine groups is 1. The molecule has 3 N–H and O–H groups in total. The normalized spacial score (nSPS) is 11.3. The van der Waals surface area contributed by atoms with Gasteiger partial charge in [0, 0.05) is 6.42 Å². The Hall–Kier alpha value is -2.28. The molecule has 21 heavy (non-hydrogen) atoms. The Morgan fingerprint density at radius 1 is 1.14 bits per heavy atom. The van der Waals surface area contributed by atoms with Crippen LogP contribution < -0.4 is 16.0 Å². The van der Waals surface area contributed by atoms with E-state index in [0.717, 1.165) is 16.9 Å². The fourth-order valence-electron chi connectivity index (χ4n) is 2.04. The molecule has 0 aliphatic rings. The van der Waals surface area contributed by atoms with Crippen molar-refractivity contribution >= 4 is 0 Å². The number of hydrogen-bond acceptors (Lipinski definition) is 3. The molecule has 1 atom stereocenters. The molecule has 1 unspecified atom stereocenters. The summed E-state index contributed by atoms with van der Waals surface area (Å²) in [5.41, 5.74) is 5.02. The fraction of sp³-hybridized carbons (Fsp3) is 0.222. The van der Waals surface area contributed by atoms with Crippen LogP contribution in [0, 0.1) is 11.8 Å². The van der Waals surface area contributed by atoms with Crippen LogP contribution in [0.1, 0.15) is 30.5 Å². The molecule has 0 radical (unpaired) electrons. The average Bonchev–Trinajstić information content (AvgIpc) is 2.55. The first-order chi connectivity index (χ1) is 10.3. The molecule has 0 heterocycles. The van der Waals surface area contributed by atoms with E-state index in [0.29, 0.717) is 13.0 Å². The Kier molecular flexibility index (Phi) is 5.83. The lowest BCUT2D eigenvalue weighted by Crippen LogP contribution is -2.27. The van der Waals surface area contributed by atoms with Crippen LogP contribution in [0.4, 0.5) is 0 Å². The molecule has 0 spiro atoms. The molecule has 0 aromatic heterocycles. The maximum atomic E-state index is 5.83. The molecule has 0 aliphatic carbocycles.